The van der Waals surface area contributed by atoms with E-state index in [-0.39, 0.29) is 5.41 Å². The molecule has 110 valence electrons. The van der Waals surface area contributed by atoms with E-state index < -0.39 is 0 Å². The summed E-state index contributed by atoms with van der Waals surface area (Å²) in [4.78, 5) is 0. The van der Waals surface area contributed by atoms with Crippen molar-refractivity contribution in [1.29, 1.82) is 0 Å². The summed E-state index contributed by atoms with van der Waals surface area (Å²) in [7, 11) is 0. The number of hydrogen-bond acceptors (Lipinski definition) is 2. The summed E-state index contributed by atoms with van der Waals surface area (Å²) in [6, 6.07) is 8.31. The van der Waals surface area contributed by atoms with Gasteiger partial charge in [0, 0.05) is 18.8 Å². The van der Waals surface area contributed by atoms with Crippen LogP contribution in [0.4, 0.5) is 5.69 Å². The summed E-state index contributed by atoms with van der Waals surface area (Å²) < 4.78 is 5.58. The van der Waals surface area contributed by atoms with Crippen molar-refractivity contribution in [3.63, 3.8) is 0 Å². The van der Waals surface area contributed by atoms with Gasteiger partial charge in [0.05, 0.1) is 6.10 Å². The van der Waals surface area contributed by atoms with Gasteiger partial charge in [-0.2, -0.15) is 0 Å². The van der Waals surface area contributed by atoms with Gasteiger partial charge in [0.25, 0.3) is 0 Å². The lowest BCUT2D eigenvalue weighted by Gasteiger charge is -2.24. The molecule has 1 aliphatic rings. The molecule has 1 saturated heterocycles. The first-order valence-electron chi connectivity index (χ1n) is 7.23. The number of nitrogens with one attached hydrogen (secondary N) is 2. The van der Waals surface area contributed by atoms with E-state index in [4.69, 9.17) is 17.0 Å². The largest absolute Gasteiger partial charge is 0.376 e. The number of thiocarbonyl (C=S) groups is 1. The third-order valence-corrected chi connectivity index (χ3v) is 3.74. The van der Waals surface area contributed by atoms with Gasteiger partial charge >= 0.3 is 0 Å². The highest BCUT2D eigenvalue weighted by Crippen LogP contribution is 2.29. The third kappa shape index (κ3) is 4.18. The number of benzene rings is 1. The smallest absolute Gasteiger partial charge is 0.170 e. The van der Waals surface area contributed by atoms with E-state index in [1.54, 1.807) is 0 Å². The van der Waals surface area contributed by atoms with E-state index in [1.165, 1.54) is 5.56 Å². The van der Waals surface area contributed by atoms with Crippen molar-refractivity contribution in [1.82, 2.24) is 5.32 Å². The SMILES string of the molecule is CC(C)(C)c1ccccc1NC(=S)NC[C@H]1CCCO1. The summed E-state index contributed by atoms with van der Waals surface area (Å²) in [5, 5.41) is 7.22. The standard InChI is InChI=1S/C16H24N2OS/c1-16(2,3)13-8-4-5-9-14(13)18-15(20)17-11-12-7-6-10-19-12/h4-5,8-9,12H,6-7,10-11H2,1-3H3,(H2,17,18,20)/t12-/m1/s1. The summed E-state index contributed by atoms with van der Waals surface area (Å²) in [6.45, 7) is 8.27. The van der Waals surface area contributed by atoms with Crippen molar-refractivity contribution in [2.24, 2.45) is 0 Å². The molecule has 0 aliphatic carbocycles. The molecule has 2 rings (SSSR count). The predicted molar refractivity (Wildman–Crippen MR) is 88.3 cm³/mol. The molecule has 1 heterocycles. The Hall–Kier alpha value is -1.13. The summed E-state index contributed by atoms with van der Waals surface area (Å²) in [6.07, 6.45) is 2.57. The number of anilines is 1. The minimum absolute atomic E-state index is 0.0910. The Morgan fingerprint density at radius 2 is 2.10 bits per heavy atom. The Labute approximate surface area is 127 Å². The molecule has 3 nitrogen and oxygen atoms in total. The van der Waals surface area contributed by atoms with Gasteiger partial charge in [-0.25, -0.2) is 0 Å². The summed E-state index contributed by atoms with van der Waals surface area (Å²) >= 11 is 5.38. The minimum atomic E-state index is 0.0910. The van der Waals surface area contributed by atoms with E-state index in [1.807, 2.05) is 6.07 Å². The molecule has 0 saturated carbocycles. The highest BCUT2D eigenvalue weighted by molar-refractivity contribution is 7.80. The Kier molecular flexibility index (Phi) is 5.00. The fourth-order valence-corrected chi connectivity index (χ4v) is 2.62. The Morgan fingerprint density at radius 1 is 1.35 bits per heavy atom. The number of ether oxygens (including phenoxy) is 1. The molecular formula is C16H24N2OS. The maximum absolute atomic E-state index is 5.58. The minimum Gasteiger partial charge on any atom is -0.376 e. The van der Waals surface area contributed by atoms with E-state index in [2.05, 4.69) is 49.6 Å². The van der Waals surface area contributed by atoms with Crippen LogP contribution in [-0.2, 0) is 10.2 Å². The third-order valence-electron chi connectivity index (χ3n) is 3.50. The van der Waals surface area contributed by atoms with Crippen LogP contribution in [0.5, 0.6) is 0 Å². The Bertz CT molecular complexity index is 462. The van der Waals surface area contributed by atoms with Crippen molar-refractivity contribution >= 4 is 23.0 Å². The van der Waals surface area contributed by atoms with Crippen molar-refractivity contribution in [3.8, 4) is 0 Å². The van der Waals surface area contributed by atoms with Crippen LogP contribution in [0.1, 0.15) is 39.2 Å². The fourth-order valence-electron chi connectivity index (χ4n) is 2.42. The molecule has 4 heteroatoms. The molecule has 1 fully saturated rings. The molecule has 0 radical (unpaired) electrons. The molecule has 2 N–H and O–H groups in total. The van der Waals surface area contributed by atoms with Crippen LogP contribution in [0, 0.1) is 0 Å². The van der Waals surface area contributed by atoms with E-state index in [9.17, 15) is 0 Å². The van der Waals surface area contributed by atoms with Gasteiger partial charge in [-0.3, -0.25) is 0 Å². The molecule has 0 spiro atoms. The fraction of sp³-hybridized carbons (Fsp3) is 0.562. The van der Waals surface area contributed by atoms with Crippen LogP contribution in [0.25, 0.3) is 0 Å². The molecular weight excluding hydrogens is 268 g/mol. The first kappa shape index (κ1) is 15.3. The second kappa shape index (κ2) is 6.55. The van der Waals surface area contributed by atoms with E-state index >= 15 is 0 Å². The molecule has 1 aromatic carbocycles. The average molecular weight is 292 g/mol. The van der Waals surface area contributed by atoms with Gasteiger partial charge < -0.3 is 15.4 Å². The van der Waals surface area contributed by atoms with E-state index in [0.29, 0.717) is 11.2 Å². The van der Waals surface area contributed by atoms with Crippen LogP contribution in [0.2, 0.25) is 0 Å². The molecule has 0 amide bonds. The van der Waals surface area contributed by atoms with Crippen LogP contribution < -0.4 is 10.6 Å². The zero-order valence-corrected chi connectivity index (χ0v) is 13.3. The van der Waals surface area contributed by atoms with Crippen molar-refractivity contribution in [2.75, 3.05) is 18.5 Å². The molecule has 1 aromatic rings. The van der Waals surface area contributed by atoms with Gasteiger partial charge in [-0.05, 0) is 42.1 Å². The highest BCUT2D eigenvalue weighted by Gasteiger charge is 2.18. The molecule has 1 atom stereocenters. The van der Waals surface area contributed by atoms with Gasteiger partial charge in [0.15, 0.2) is 5.11 Å². The van der Waals surface area contributed by atoms with Gasteiger partial charge in [-0.1, -0.05) is 39.0 Å². The Balaban J connectivity index is 1.93. The van der Waals surface area contributed by atoms with Crippen molar-refractivity contribution < 1.29 is 4.74 Å². The van der Waals surface area contributed by atoms with Crippen molar-refractivity contribution in [3.05, 3.63) is 29.8 Å². The highest BCUT2D eigenvalue weighted by atomic mass is 32.1. The predicted octanol–water partition coefficient (Wildman–Crippen LogP) is 3.45. The van der Waals surface area contributed by atoms with Crippen LogP contribution in [0.3, 0.4) is 0 Å². The second-order valence-electron chi connectivity index (χ2n) is 6.27. The van der Waals surface area contributed by atoms with Gasteiger partial charge in [-0.15, -0.1) is 0 Å². The topological polar surface area (TPSA) is 33.3 Å². The molecule has 0 bridgehead atoms. The molecule has 0 aromatic heterocycles. The van der Waals surface area contributed by atoms with Gasteiger partial charge in [0.1, 0.15) is 0 Å². The zero-order valence-electron chi connectivity index (χ0n) is 12.5. The number of para-hydroxylation sites is 1. The van der Waals surface area contributed by atoms with E-state index in [0.717, 1.165) is 31.7 Å². The maximum atomic E-state index is 5.58. The number of hydrogen-bond donors (Lipinski definition) is 2. The number of rotatable bonds is 3. The zero-order chi connectivity index (χ0) is 14.6. The van der Waals surface area contributed by atoms with Crippen LogP contribution in [0.15, 0.2) is 24.3 Å². The lowest BCUT2D eigenvalue weighted by atomic mass is 9.86. The average Bonchev–Trinajstić information content (AvgIpc) is 2.89. The summed E-state index contributed by atoms with van der Waals surface area (Å²) in [5.41, 5.74) is 2.43. The van der Waals surface area contributed by atoms with Crippen LogP contribution in [-0.4, -0.2) is 24.4 Å². The van der Waals surface area contributed by atoms with Crippen molar-refractivity contribution in [2.45, 2.75) is 45.1 Å². The summed E-state index contributed by atoms with van der Waals surface area (Å²) in [5.74, 6) is 0. The lowest BCUT2D eigenvalue weighted by Crippen LogP contribution is -2.35. The second-order valence-corrected chi connectivity index (χ2v) is 6.67. The lowest BCUT2D eigenvalue weighted by molar-refractivity contribution is 0.114. The quantitative estimate of drug-likeness (QED) is 0.836. The molecule has 0 unspecified atom stereocenters. The Morgan fingerprint density at radius 3 is 2.75 bits per heavy atom. The maximum Gasteiger partial charge on any atom is 0.170 e. The van der Waals surface area contributed by atoms with Gasteiger partial charge in [0.2, 0.25) is 0 Å². The normalized spacial score (nSPS) is 18.9. The molecule has 1 aliphatic heterocycles. The van der Waals surface area contributed by atoms with Crippen LogP contribution >= 0.6 is 12.2 Å². The molecule has 20 heavy (non-hydrogen) atoms. The monoisotopic (exact) mass is 292 g/mol. The first-order chi connectivity index (χ1) is 9.47. The first-order valence-corrected chi connectivity index (χ1v) is 7.63.